The van der Waals surface area contributed by atoms with E-state index in [9.17, 15) is 18.9 Å². The van der Waals surface area contributed by atoms with Crippen molar-refractivity contribution < 1.29 is 128 Å². The molecular formula is C36H60KNaO10P2. The number of unbranched alkanes of at least 4 members (excludes halogenated alkanes) is 18. The number of rotatable bonds is 30. The van der Waals surface area contributed by atoms with Crippen LogP contribution in [-0.4, -0.2) is 13.2 Å². The van der Waals surface area contributed by atoms with Gasteiger partial charge in [0.2, 0.25) is 0 Å². The van der Waals surface area contributed by atoms with Crippen LogP contribution in [0.1, 0.15) is 142 Å². The molecule has 0 saturated heterocycles. The molecule has 0 fully saturated rings. The Balaban J connectivity index is 0. The predicted octanol–water partition coefficient (Wildman–Crippen LogP) is 4.81. The second-order valence-corrected chi connectivity index (χ2v) is 14.3. The van der Waals surface area contributed by atoms with Crippen molar-refractivity contribution in [2.45, 2.75) is 142 Å². The van der Waals surface area contributed by atoms with Crippen molar-refractivity contribution in [3.05, 3.63) is 60.7 Å². The van der Waals surface area contributed by atoms with Crippen molar-refractivity contribution in [1.82, 2.24) is 0 Å². The Morgan fingerprint density at radius 2 is 0.720 bits per heavy atom. The van der Waals surface area contributed by atoms with Crippen LogP contribution in [0.25, 0.3) is 0 Å². The zero-order chi connectivity index (χ0) is 35.0. The SMILES string of the molecule is CCCCCCCCCCCCOOP(=O)([O-])Oc1ccccc1.CCCCCCCCCCCCOOP(=O)([O-])Oc1ccccc1.[K+].[Na+]. The summed E-state index contributed by atoms with van der Waals surface area (Å²) in [6.45, 7) is 4.96. The van der Waals surface area contributed by atoms with Crippen LogP contribution < -0.4 is 99.8 Å². The molecular weight excluding hydrogens is 716 g/mol. The molecule has 0 aliphatic carbocycles. The van der Waals surface area contributed by atoms with Gasteiger partial charge < -0.3 is 18.8 Å². The number of phosphoric ester groups is 2. The van der Waals surface area contributed by atoms with Gasteiger partial charge in [0.25, 0.3) is 0 Å². The maximum Gasteiger partial charge on any atom is 1.00 e. The Labute approximate surface area is 367 Å². The van der Waals surface area contributed by atoms with E-state index in [0.29, 0.717) is 0 Å². The van der Waals surface area contributed by atoms with E-state index in [-0.39, 0.29) is 106 Å². The van der Waals surface area contributed by atoms with Crippen molar-refractivity contribution in [3.63, 3.8) is 0 Å². The summed E-state index contributed by atoms with van der Waals surface area (Å²) in [7, 11) is -8.93. The van der Waals surface area contributed by atoms with Crippen molar-refractivity contribution in [2.75, 3.05) is 13.2 Å². The van der Waals surface area contributed by atoms with Crippen LogP contribution in [0, 0.1) is 0 Å². The fourth-order valence-corrected chi connectivity index (χ4v) is 5.98. The monoisotopic (exact) mass is 776 g/mol. The van der Waals surface area contributed by atoms with Gasteiger partial charge in [-0.25, -0.2) is 9.78 Å². The smallest absolute Gasteiger partial charge is 0.744 e. The number of para-hydroxylation sites is 2. The summed E-state index contributed by atoms with van der Waals surface area (Å²) >= 11 is 0. The Morgan fingerprint density at radius 3 is 1.00 bits per heavy atom. The van der Waals surface area contributed by atoms with Crippen LogP contribution in [0.4, 0.5) is 0 Å². The number of benzene rings is 2. The minimum Gasteiger partial charge on any atom is -0.744 e. The summed E-state index contributed by atoms with van der Waals surface area (Å²) in [5, 5.41) is 0. The van der Waals surface area contributed by atoms with Gasteiger partial charge >= 0.3 is 96.6 Å². The standard InChI is InChI=1S/2C18H31O5P.K.Na/c2*1-2-3-4-5-6-7-8-9-10-14-17-21-23-24(19,20)22-18-15-12-11-13-16-18;;/h2*11-13,15-16H,2-10,14,17H2,1H3,(H,19,20);;/q;;2*+1/p-2. The molecule has 2 aromatic carbocycles. The molecule has 0 saturated carbocycles. The molecule has 2 atom stereocenters. The first kappa shape index (κ1) is 53.0. The Kier molecular flexibility index (Phi) is 39.1. The van der Waals surface area contributed by atoms with E-state index in [0.717, 1.165) is 38.5 Å². The van der Waals surface area contributed by atoms with E-state index in [1.807, 2.05) is 0 Å². The van der Waals surface area contributed by atoms with Gasteiger partial charge in [-0.05, 0) is 37.1 Å². The first-order valence-electron chi connectivity index (χ1n) is 18.0. The number of phosphoric acid groups is 2. The largest absolute Gasteiger partial charge is 1.00 e. The molecule has 0 N–H and O–H groups in total. The molecule has 10 nitrogen and oxygen atoms in total. The zero-order valence-electron chi connectivity index (χ0n) is 31.3. The summed E-state index contributed by atoms with van der Waals surface area (Å²) in [6.07, 6.45) is 24.2. The van der Waals surface area contributed by atoms with Crippen LogP contribution >= 0.6 is 15.6 Å². The molecule has 0 spiro atoms. The second kappa shape index (κ2) is 36.9. The minimum atomic E-state index is -4.47. The molecule has 50 heavy (non-hydrogen) atoms. The average Bonchev–Trinajstić information content (AvgIpc) is 3.06. The number of hydrogen-bond acceptors (Lipinski definition) is 10. The van der Waals surface area contributed by atoms with Crippen molar-refractivity contribution >= 4 is 15.6 Å². The molecule has 2 rings (SSSR count). The van der Waals surface area contributed by atoms with Crippen molar-refractivity contribution in [2.24, 2.45) is 0 Å². The molecule has 2 aromatic rings. The zero-order valence-corrected chi connectivity index (χ0v) is 38.2. The Bertz CT molecular complexity index is 1000. The molecule has 0 aliphatic heterocycles. The Morgan fingerprint density at radius 1 is 0.460 bits per heavy atom. The van der Waals surface area contributed by atoms with Gasteiger partial charge in [-0.15, -0.1) is 0 Å². The van der Waals surface area contributed by atoms with Gasteiger partial charge in [-0.1, -0.05) is 166 Å². The Hall–Kier alpha value is 0.896. The molecule has 276 valence electrons. The maximum absolute atomic E-state index is 11.5. The van der Waals surface area contributed by atoms with Gasteiger partial charge in [0.1, 0.15) is 11.5 Å². The molecule has 2 unspecified atom stereocenters. The average molecular weight is 777 g/mol. The van der Waals surface area contributed by atoms with Gasteiger partial charge in [0.05, 0.1) is 13.2 Å². The molecule has 0 aliphatic rings. The van der Waals surface area contributed by atoms with E-state index < -0.39 is 15.6 Å². The third-order valence-corrected chi connectivity index (χ3v) is 8.82. The summed E-state index contributed by atoms with van der Waals surface area (Å²) in [5.74, 6) is 0.414. The molecule has 0 bridgehead atoms. The van der Waals surface area contributed by atoms with Gasteiger partial charge in [0.15, 0.2) is 0 Å². The van der Waals surface area contributed by atoms with Gasteiger partial charge in [-0.2, -0.15) is 9.35 Å². The summed E-state index contributed by atoms with van der Waals surface area (Å²) in [4.78, 5) is 32.6. The van der Waals surface area contributed by atoms with Crippen LogP contribution in [0.2, 0.25) is 0 Å². The summed E-state index contributed by atoms with van der Waals surface area (Å²) < 4.78 is 41.4. The fraction of sp³-hybridized carbons (Fsp3) is 0.667. The van der Waals surface area contributed by atoms with Crippen molar-refractivity contribution in [1.29, 1.82) is 0 Å². The second-order valence-electron chi connectivity index (χ2n) is 11.9. The first-order valence-corrected chi connectivity index (χ1v) is 20.9. The quantitative estimate of drug-likeness (QED) is 0.0358. The van der Waals surface area contributed by atoms with Crippen LogP contribution in [0.3, 0.4) is 0 Å². The normalized spacial score (nSPS) is 13.0. The van der Waals surface area contributed by atoms with E-state index in [1.54, 1.807) is 36.4 Å². The molecule has 0 heterocycles. The van der Waals surface area contributed by atoms with E-state index >= 15 is 0 Å². The van der Waals surface area contributed by atoms with E-state index in [2.05, 4.69) is 23.2 Å². The van der Waals surface area contributed by atoms with Crippen molar-refractivity contribution in [3.8, 4) is 11.5 Å². The molecule has 0 radical (unpaired) electrons. The maximum atomic E-state index is 11.5. The molecule has 0 aromatic heterocycles. The van der Waals surface area contributed by atoms with Crippen LogP contribution in [0.5, 0.6) is 11.5 Å². The van der Waals surface area contributed by atoms with Gasteiger partial charge in [0, 0.05) is 0 Å². The molecule has 14 heteroatoms. The first-order chi connectivity index (χ1) is 23.3. The molecule has 0 amide bonds. The fourth-order valence-electron chi connectivity index (χ4n) is 4.75. The topological polar surface area (TPSA) is 136 Å². The third-order valence-electron chi connectivity index (χ3n) is 7.37. The predicted molar refractivity (Wildman–Crippen MR) is 187 cm³/mol. The van der Waals surface area contributed by atoms with Gasteiger partial charge in [-0.3, -0.25) is 9.13 Å². The van der Waals surface area contributed by atoms with Crippen LogP contribution in [0.15, 0.2) is 60.7 Å². The van der Waals surface area contributed by atoms with E-state index in [4.69, 9.17) is 18.8 Å². The van der Waals surface area contributed by atoms with Crippen LogP contribution in [-0.2, 0) is 28.3 Å². The minimum absolute atomic E-state index is 0. The summed E-state index contributed by atoms with van der Waals surface area (Å²) in [6, 6.07) is 16.4. The number of hydrogen-bond donors (Lipinski definition) is 0. The summed E-state index contributed by atoms with van der Waals surface area (Å²) in [5.41, 5.74) is 0. The third kappa shape index (κ3) is 34.7. The van der Waals surface area contributed by atoms with E-state index in [1.165, 1.54) is 114 Å².